The molecule has 106 valence electrons. The van der Waals surface area contributed by atoms with Crippen LogP contribution in [0.15, 0.2) is 16.8 Å². The second kappa shape index (κ2) is 8.35. The van der Waals surface area contributed by atoms with Crippen LogP contribution >= 0.6 is 11.3 Å². The van der Waals surface area contributed by atoms with Crippen molar-refractivity contribution in [2.24, 2.45) is 0 Å². The zero-order chi connectivity index (χ0) is 14.3. The molecule has 0 saturated heterocycles. The first kappa shape index (κ1) is 16.2. The fourth-order valence-corrected chi connectivity index (χ4v) is 3.52. The topological polar surface area (TPSA) is 27.0 Å². The number of hydrogen-bond acceptors (Lipinski definition) is 3. The van der Waals surface area contributed by atoms with E-state index >= 15 is 0 Å². The molecule has 0 fully saturated rings. The molecule has 2 nitrogen and oxygen atoms in total. The lowest BCUT2D eigenvalue weighted by molar-refractivity contribution is 0.104. The first-order chi connectivity index (χ1) is 9.07. The monoisotopic (exact) mass is 278 g/mol. The maximum absolute atomic E-state index is 8.64. The van der Waals surface area contributed by atoms with Crippen molar-refractivity contribution in [2.75, 3.05) is 0 Å². The molecule has 1 rings (SSSR count). The Labute approximate surface area is 122 Å². The quantitative estimate of drug-likeness (QED) is 0.626. The summed E-state index contributed by atoms with van der Waals surface area (Å²) >= 11 is 1.77. The van der Waals surface area contributed by atoms with E-state index in [2.05, 4.69) is 55.5 Å². The van der Waals surface area contributed by atoms with Crippen molar-refractivity contribution in [3.63, 3.8) is 0 Å². The largest absolute Gasteiger partial charge is 0.292 e. The normalized spacial score (nSPS) is 13.2. The van der Waals surface area contributed by atoms with Gasteiger partial charge in [0.05, 0.1) is 6.07 Å². The van der Waals surface area contributed by atoms with Gasteiger partial charge in [-0.2, -0.15) is 16.6 Å². The Bertz CT molecular complexity index is 368. The molecule has 0 N–H and O–H groups in total. The van der Waals surface area contributed by atoms with E-state index in [0.717, 1.165) is 19.3 Å². The fourth-order valence-electron chi connectivity index (χ4n) is 2.81. The molecule has 1 unspecified atom stereocenters. The maximum Gasteiger partial charge on any atom is 0.0621 e. The standard InChI is InChI=1S/C16H26N2S/c1-13(2)18(14(3)4)16(8-6-5-7-10-17)15-9-11-19-12-15/h9,11-14,16H,5-8H2,1-4H3. The van der Waals surface area contributed by atoms with Crippen LogP contribution < -0.4 is 0 Å². The maximum atomic E-state index is 8.64. The number of unbranched alkanes of at least 4 members (excludes halogenated alkanes) is 2. The van der Waals surface area contributed by atoms with Crippen molar-refractivity contribution >= 4 is 11.3 Å². The second-order valence-electron chi connectivity index (χ2n) is 5.61. The summed E-state index contributed by atoms with van der Waals surface area (Å²) < 4.78 is 0. The third kappa shape index (κ3) is 4.97. The van der Waals surface area contributed by atoms with Gasteiger partial charge in [0.25, 0.3) is 0 Å². The van der Waals surface area contributed by atoms with Crippen LogP contribution in [0.2, 0.25) is 0 Å². The first-order valence-corrected chi connectivity index (χ1v) is 8.18. The molecular formula is C16H26N2S. The summed E-state index contributed by atoms with van der Waals surface area (Å²) in [6.07, 6.45) is 3.97. The molecule has 1 atom stereocenters. The van der Waals surface area contributed by atoms with Gasteiger partial charge >= 0.3 is 0 Å². The summed E-state index contributed by atoms with van der Waals surface area (Å²) in [5.41, 5.74) is 1.43. The molecule has 0 radical (unpaired) electrons. The van der Waals surface area contributed by atoms with Gasteiger partial charge in [-0.05, 0) is 62.9 Å². The van der Waals surface area contributed by atoms with Crippen molar-refractivity contribution in [3.05, 3.63) is 22.4 Å². The second-order valence-corrected chi connectivity index (χ2v) is 6.39. The Morgan fingerprint density at radius 2 is 1.89 bits per heavy atom. The van der Waals surface area contributed by atoms with Gasteiger partial charge < -0.3 is 0 Å². The molecule has 0 aliphatic heterocycles. The highest BCUT2D eigenvalue weighted by Crippen LogP contribution is 2.31. The predicted molar refractivity (Wildman–Crippen MR) is 83.3 cm³/mol. The van der Waals surface area contributed by atoms with Gasteiger partial charge in [0.2, 0.25) is 0 Å². The van der Waals surface area contributed by atoms with Gasteiger partial charge in [0.1, 0.15) is 0 Å². The fraction of sp³-hybridized carbons (Fsp3) is 0.688. The predicted octanol–water partition coefficient (Wildman–Crippen LogP) is 4.99. The van der Waals surface area contributed by atoms with Crippen molar-refractivity contribution in [3.8, 4) is 6.07 Å². The molecule has 1 aromatic heterocycles. The molecule has 1 heterocycles. The Kier molecular flexibility index (Phi) is 7.12. The lowest BCUT2D eigenvalue weighted by atomic mass is 9.98. The number of hydrogen-bond donors (Lipinski definition) is 0. The number of nitrogens with zero attached hydrogens (tertiary/aromatic N) is 2. The number of thiophene rings is 1. The molecule has 0 aromatic carbocycles. The van der Waals surface area contributed by atoms with Gasteiger partial charge in [-0.1, -0.05) is 6.42 Å². The van der Waals surface area contributed by atoms with Crippen LogP contribution in [0.1, 0.15) is 65.0 Å². The van der Waals surface area contributed by atoms with E-state index < -0.39 is 0 Å². The van der Waals surface area contributed by atoms with Gasteiger partial charge in [-0.25, -0.2) is 0 Å². The zero-order valence-electron chi connectivity index (χ0n) is 12.6. The Morgan fingerprint density at radius 3 is 2.37 bits per heavy atom. The molecule has 1 aromatic rings. The van der Waals surface area contributed by atoms with E-state index in [9.17, 15) is 0 Å². The van der Waals surface area contributed by atoms with E-state index in [1.165, 1.54) is 5.56 Å². The highest BCUT2D eigenvalue weighted by atomic mass is 32.1. The van der Waals surface area contributed by atoms with Gasteiger partial charge in [0, 0.05) is 24.5 Å². The molecule has 19 heavy (non-hydrogen) atoms. The average molecular weight is 278 g/mol. The van der Waals surface area contributed by atoms with Crippen LogP contribution in [0.4, 0.5) is 0 Å². The van der Waals surface area contributed by atoms with Crippen LogP contribution in [0, 0.1) is 11.3 Å². The molecule has 0 saturated carbocycles. The summed E-state index contributed by atoms with van der Waals surface area (Å²) in [5, 5.41) is 13.1. The zero-order valence-corrected chi connectivity index (χ0v) is 13.4. The van der Waals surface area contributed by atoms with Crippen LogP contribution in [0.3, 0.4) is 0 Å². The average Bonchev–Trinajstić information content (AvgIpc) is 2.85. The summed E-state index contributed by atoms with van der Waals surface area (Å²) in [4.78, 5) is 2.59. The minimum atomic E-state index is 0.491. The summed E-state index contributed by atoms with van der Waals surface area (Å²) in [6, 6.07) is 6.06. The third-order valence-electron chi connectivity index (χ3n) is 3.50. The van der Waals surface area contributed by atoms with Crippen LogP contribution in [-0.2, 0) is 0 Å². The lowest BCUT2D eigenvalue weighted by Crippen LogP contribution is -2.40. The highest BCUT2D eigenvalue weighted by molar-refractivity contribution is 7.07. The Balaban J connectivity index is 2.77. The van der Waals surface area contributed by atoms with Crippen molar-refractivity contribution < 1.29 is 0 Å². The van der Waals surface area contributed by atoms with Crippen molar-refractivity contribution in [1.29, 1.82) is 5.26 Å². The molecule has 0 aliphatic rings. The first-order valence-electron chi connectivity index (χ1n) is 7.24. The van der Waals surface area contributed by atoms with Crippen LogP contribution in [0.25, 0.3) is 0 Å². The van der Waals surface area contributed by atoms with Gasteiger partial charge in [-0.15, -0.1) is 0 Å². The van der Waals surface area contributed by atoms with Gasteiger partial charge in [-0.3, -0.25) is 4.90 Å². The molecule has 0 aliphatic carbocycles. The summed E-state index contributed by atoms with van der Waals surface area (Å²) in [6.45, 7) is 9.09. The van der Waals surface area contributed by atoms with Gasteiger partial charge in [0.15, 0.2) is 0 Å². The SMILES string of the molecule is CC(C)N(C(C)C)C(CCCCC#N)c1ccsc1. The summed E-state index contributed by atoms with van der Waals surface area (Å²) in [5.74, 6) is 0. The third-order valence-corrected chi connectivity index (χ3v) is 4.20. The molecule has 0 spiro atoms. The van der Waals surface area contributed by atoms with Crippen LogP contribution in [0.5, 0.6) is 0 Å². The summed E-state index contributed by atoms with van der Waals surface area (Å²) in [7, 11) is 0. The van der Waals surface area contributed by atoms with E-state index in [4.69, 9.17) is 5.26 Å². The molecule has 3 heteroatoms. The van der Waals surface area contributed by atoms with E-state index in [1.807, 2.05) is 0 Å². The lowest BCUT2D eigenvalue weighted by Gasteiger charge is -2.38. The number of nitriles is 1. The smallest absolute Gasteiger partial charge is 0.0621 e. The number of rotatable bonds is 8. The molecule has 0 bridgehead atoms. The highest BCUT2D eigenvalue weighted by Gasteiger charge is 2.25. The van der Waals surface area contributed by atoms with E-state index in [0.29, 0.717) is 24.5 Å². The van der Waals surface area contributed by atoms with Crippen LogP contribution in [-0.4, -0.2) is 17.0 Å². The van der Waals surface area contributed by atoms with E-state index in [1.54, 1.807) is 11.3 Å². The van der Waals surface area contributed by atoms with Crippen molar-refractivity contribution in [1.82, 2.24) is 4.90 Å². The Hall–Kier alpha value is -0.850. The minimum Gasteiger partial charge on any atom is -0.292 e. The molecule has 0 amide bonds. The minimum absolute atomic E-state index is 0.491. The Morgan fingerprint density at radius 1 is 1.21 bits per heavy atom. The van der Waals surface area contributed by atoms with Crippen molar-refractivity contribution in [2.45, 2.75) is 71.5 Å². The van der Waals surface area contributed by atoms with E-state index in [-0.39, 0.29) is 0 Å². The molecular weight excluding hydrogens is 252 g/mol.